The predicted molar refractivity (Wildman–Crippen MR) is 58.2 cm³/mol. The first-order valence-electron chi connectivity index (χ1n) is 5.61. The summed E-state index contributed by atoms with van der Waals surface area (Å²) in [6.07, 6.45) is 3.97. The molecule has 0 unspecified atom stereocenters. The fraction of sp³-hybridized carbons (Fsp3) is 0.538. The monoisotopic (exact) mass is 187 g/mol. The lowest BCUT2D eigenvalue weighted by atomic mass is 9.76. The molecule has 3 rings (SSSR count). The Morgan fingerprint density at radius 1 is 1.36 bits per heavy atom. The van der Waals surface area contributed by atoms with Gasteiger partial charge in [-0.15, -0.1) is 0 Å². The van der Waals surface area contributed by atoms with Gasteiger partial charge in [-0.05, 0) is 42.3 Å². The summed E-state index contributed by atoms with van der Waals surface area (Å²) in [5.41, 5.74) is 3.60. The minimum Gasteiger partial charge on any atom is -0.309 e. The van der Waals surface area contributed by atoms with Crippen molar-refractivity contribution in [2.45, 2.75) is 32.2 Å². The van der Waals surface area contributed by atoms with Gasteiger partial charge in [-0.3, -0.25) is 0 Å². The van der Waals surface area contributed by atoms with Crippen LogP contribution in [0.2, 0.25) is 0 Å². The summed E-state index contributed by atoms with van der Waals surface area (Å²) in [5.74, 6) is 0. The second kappa shape index (κ2) is 2.83. The number of hydrogen-bond donors (Lipinski definition) is 1. The molecule has 0 aromatic heterocycles. The highest BCUT2D eigenvalue weighted by atomic mass is 15.0. The molecule has 74 valence electrons. The van der Waals surface area contributed by atoms with E-state index in [1.165, 1.54) is 25.8 Å². The summed E-state index contributed by atoms with van der Waals surface area (Å²) < 4.78 is 0. The van der Waals surface area contributed by atoms with Crippen molar-refractivity contribution in [3.8, 4) is 0 Å². The van der Waals surface area contributed by atoms with Crippen molar-refractivity contribution in [3.63, 3.8) is 0 Å². The van der Waals surface area contributed by atoms with Gasteiger partial charge in [0, 0.05) is 6.04 Å². The Hall–Kier alpha value is -0.820. The lowest BCUT2D eigenvalue weighted by molar-refractivity contribution is 0.178. The predicted octanol–water partition coefficient (Wildman–Crippen LogP) is 2.67. The molecule has 2 atom stereocenters. The van der Waals surface area contributed by atoms with Crippen molar-refractivity contribution in [2.75, 3.05) is 6.54 Å². The average Bonchev–Trinajstić information content (AvgIpc) is 2.49. The van der Waals surface area contributed by atoms with Gasteiger partial charge in [-0.25, -0.2) is 0 Å². The van der Waals surface area contributed by atoms with Gasteiger partial charge in [-0.2, -0.15) is 0 Å². The summed E-state index contributed by atoms with van der Waals surface area (Å²) in [5, 5.41) is 3.68. The summed E-state index contributed by atoms with van der Waals surface area (Å²) in [6, 6.07) is 9.54. The van der Waals surface area contributed by atoms with Crippen LogP contribution in [0.1, 0.15) is 36.9 Å². The molecule has 1 N–H and O–H groups in total. The lowest BCUT2D eigenvalue weighted by Gasteiger charge is -2.37. The molecule has 1 saturated heterocycles. The van der Waals surface area contributed by atoms with Crippen LogP contribution in [0, 0.1) is 5.41 Å². The van der Waals surface area contributed by atoms with Crippen LogP contribution in [0.15, 0.2) is 24.3 Å². The molecule has 1 heterocycles. The lowest BCUT2D eigenvalue weighted by Crippen LogP contribution is -2.38. The normalized spacial score (nSPS) is 35.1. The highest BCUT2D eigenvalue weighted by molar-refractivity contribution is 5.38. The first-order chi connectivity index (χ1) is 6.80. The fourth-order valence-corrected chi connectivity index (χ4v) is 3.22. The molecular formula is C13H17N. The number of nitrogens with one attached hydrogen (secondary N) is 1. The number of fused-ring (bicyclic) bond motifs is 3. The van der Waals surface area contributed by atoms with Crippen LogP contribution < -0.4 is 5.32 Å². The van der Waals surface area contributed by atoms with E-state index in [0.29, 0.717) is 11.5 Å². The van der Waals surface area contributed by atoms with E-state index in [0.717, 1.165) is 0 Å². The zero-order valence-corrected chi connectivity index (χ0v) is 8.72. The van der Waals surface area contributed by atoms with E-state index < -0.39 is 0 Å². The topological polar surface area (TPSA) is 12.0 Å². The second-order valence-electron chi connectivity index (χ2n) is 5.02. The third-order valence-corrected chi connectivity index (χ3v) is 3.93. The molecule has 1 fully saturated rings. The van der Waals surface area contributed by atoms with Gasteiger partial charge in [0.05, 0.1) is 0 Å². The molecule has 1 aromatic carbocycles. The maximum Gasteiger partial charge on any atom is 0.0380 e. The standard InChI is InChI=1S/C13H17N/c1-13-7-4-8-14-12(13)11-6-3-2-5-10(11)9-13/h2-3,5-6,12,14H,4,7-9H2,1H3/t12-,13-/m0/s1. The summed E-state index contributed by atoms with van der Waals surface area (Å²) in [6.45, 7) is 3.62. The largest absolute Gasteiger partial charge is 0.309 e. The molecule has 0 saturated carbocycles. The number of benzene rings is 1. The van der Waals surface area contributed by atoms with Crippen molar-refractivity contribution in [1.82, 2.24) is 5.32 Å². The summed E-state index contributed by atoms with van der Waals surface area (Å²) in [7, 11) is 0. The van der Waals surface area contributed by atoms with Crippen molar-refractivity contribution in [1.29, 1.82) is 0 Å². The summed E-state index contributed by atoms with van der Waals surface area (Å²) >= 11 is 0. The number of rotatable bonds is 0. The van der Waals surface area contributed by atoms with Crippen LogP contribution in [0.25, 0.3) is 0 Å². The summed E-state index contributed by atoms with van der Waals surface area (Å²) in [4.78, 5) is 0. The van der Waals surface area contributed by atoms with Crippen LogP contribution in [0.5, 0.6) is 0 Å². The molecule has 1 aromatic rings. The Morgan fingerprint density at radius 2 is 2.21 bits per heavy atom. The van der Waals surface area contributed by atoms with Gasteiger partial charge in [-0.1, -0.05) is 31.2 Å². The van der Waals surface area contributed by atoms with Gasteiger partial charge < -0.3 is 5.32 Å². The number of hydrogen-bond acceptors (Lipinski definition) is 1. The van der Waals surface area contributed by atoms with E-state index in [1.54, 1.807) is 11.1 Å². The molecule has 0 amide bonds. The van der Waals surface area contributed by atoms with Crippen molar-refractivity contribution in [3.05, 3.63) is 35.4 Å². The van der Waals surface area contributed by atoms with Crippen molar-refractivity contribution in [2.24, 2.45) is 5.41 Å². The van der Waals surface area contributed by atoms with Gasteiger partial charge in [0.15, 0.2) is 0 Å². The van der Waals surface area contributed by atoms with E-state index in [2.05, 4.69) is 36.5 Å². The quantitative estimate of drug-likeness (QED) is 0.658. The van der Waals surface area contributed by atoms with Crippen LogP contribution in [-0.4, -0.2) is 6.54 Å². The van der Waals surface area contributed by atoms with Crippen LogP contribution in [0.3, 0.4) is 0 Å². The van der Waals surface area contributed by atoms with E-state index in [-0.39, 0.29) is 0 Å². The average molecular weight is 187 g/mol. The first kappa shape index (κ1) is 8.49. The Labute approximate surface area is 85.5 Å². The molecule has 2 aliphatic rings. The molecule has 0 spiro atoms. The molecule has 14 heavy (non-hydrogen) atoms. The Kier molecular flexibility index (Phi) is 1.72. The minimum absolute atomic E-state index is 0.488. The van der Waals surface area contributed by atoms with Crippen LogP contribution in [-0.2, 0) is 6.42 Å². The van der Waals surface area contributed by atoms with Gasteiger partial charge in [0.1, 0.15) is 0 Å². The third kappa shape index (κ3) is 1.05. The zero-order chi connectivity index (χ0) is 9.60. The Morgan fingerprint density at radius 3 is 3.14 bits per heavy atom. The van der Waals surface area contributed by atoms with E-state index >= 15 is 0 Å². The molecule has 1 heteroatoms. The third-order valence-electron chi connectivity index (χ3n) is 3.93. The van der Waals surface area contributed by atoms with E-state index in [4.69, 9.17) is 0 Å². The van der Waals surface area contributed by atoms with E-state index in [9.17, 15) is 0 Å². The molecule has 1 aliphatic carbocycles. The Bertz CT molecular complexity index is 358. The fourth-order valence-electron chi connectivity index (χ4n) is 3.22. The van der Waals surface area contributed by atoms with E-state index in [1.807, 2.05) is 0 Å². The highest BCUT2D eigenvalue weighted by Crippen LogP contribution is 2.49. The maximum absolute atomic E-state index is 3.68. The van der Waals surface area contributed by atoms with Gasteiger partial charge >= 0.3 is 0 Å². The second-order valence-corrected chi connectivity index (χ2v) is 5.02. The zero-order valence-electron chi connectivity index (χ0n) is 8.72. The highest BCUT2D eigenvalue weighted by Gasteiger charge is 2.43. The van der Waals surface area contributed by atoms with Gasteiger partial charge in [0.25, 0.3) is 0 Å². The van der Waals surface area contributed by atoms with Crippen LogP contribution in [0.4, 0.5) is 0 Å². The maximum atomic E-state index is 3.68. The minimum atomic E-state index is 0.488. The molecule has 0 bridgehead atoms. The molecular weight excluding hydrogens is 170 g/mol. The number of piperidine rings is 1. The van der Waals surface area contributed by atoms with Crippen molar-refractivity contribution >= 4 is 0 Å². The van der Waals surface area contributed by atoms with Crippen LogP contribution >= 0.6 is 0 Å². The Balaban J connectivity index is 2.07. The SMILES string of the molecule is C[C@@]12CCCN[C@H]1c1ccccc1C2. The van der Waals surface area contributed by atoms with Crippen molar-refractivity contribution < 1.29 is 0 Å². The van der Waals surface area contributed by atoms with Gasteiger partial charge in [0.2, 0.25) is 0 Å². The first-order valence-corrected chi connectivity index (χ1v) is 5.61. The molecule has 1 aliphatic heterocycles. The molecule has 0 radical (unpaired) electrons. The molecule has 1 nitrogen and oxygen atoms in total. The smallest absolute Gasteiger partial charge is 0.0380 e.